The molecule has 1 N–H and O–H groups in total. The van der Waals surface area contributed by atoms with Gasteiger partial charge in [0.25, 0.3) is 0 Å². The summed E-state index contributed by atoms with van der Waals surface area (Å²) in [4.78, 5) is 2.40. The second-order valence-corrected chi connectivity index (χ2v) is 5.00. The molecule has 1 heterocycles. The van der Waals surface area contributed by atoms with E-state index in [2.05, 4.69) is 24.2 Å². The summed E-state index contributed by atoms with van der Waals surface area (Å²) >= 11 is 0. The fourth-order valence-corrected chi connectivity index (χ4v) is 2.28. The minimum absolute atomic E-state index is 0.506. The van der Waals surface area contributed by atoms with E-state index in [1.165, 1.54) is 32.5 Å². The van der Waals surface area contributed by atoms with Gasteiger partial charge in [0.2, 0.25) is 0 Å². The van der Waals surface area contributed by atoms with Crippen LogP contribution in [0.5, 0.6) is 0 Å². The van der Waals surface area contributed by atoms with E-state index in [1.54, 1.807) is 0 Å². The van der Waals surface area contributed by atoms with E-state index in [0.29, 0.717) is 5.41 Å². The predicted octanol–water partition coefficient (Wildman–Crippen LogP) is 1.34. The molecule has 0 radical (unpaired) electrons. The lowest BCUT2D eigenvalue weighted by molar-refractivity contribution is 0.0932. The van der Waals surface area contributed by atoms with E-state index in [9.17, 15) is 0 Å². The van der Waals surface area contributed by atoms with Crippen molar-refractivity contribution < 1.29 is 4.74 Å². The quantitative estimate of drug-likeness (QED) is 0.675. The second kappa shape index (κ2) is 6.46. The zero-order valence-electron chi connectivity index (χ0n) is 10.5. The maximum Gasteiger partial charge on any atom is 0.0593 e. The SMILES string of the molecule is CCOCCN(C)CC1(C)CCNCC1. The van der Waals surface area contributed by atoms with Crippen LogP contribution < -0.4 is 5.32 Å². The van der Waals surface area contributed by atoms with Gasteiger partial charge in [-0.2, -0.15) is 0 Å². The van der Waals surface area contributed by atoms with E-state index in [4.69, 9.17) is 4.74 Å². The van der Waals surface area contributed by atoms with Crippen LogP contribution in [0.3, 0.4) is 0 Å². The van der Waals surface area contributed by atoms with Crippen molar-refractivity contribution in [1.82, 2.24) is 10.2 Å². The monoisotopic (exact) mass is 214 g/mol. The molecule has 0 aromatic heterocycles. The Hall–Kier alpha value is -0.120. The average Bonchev–Trinajstić information content (AvgIpc) is 2.18. The van der Waals surface area contributed by atoms with Gasteiger partial charge in [-0.15, -0.1) is 0 Å². The molecular weight excluding hydrogens is 188 g/mol. The third-order valence-electron chi connectivity index (χ3n) is 3.28. The molecule has 0 aromatic rings. The zero-order chi connectivity index (χ0) is 11.1. The van der Waals surface area contributed by atoms with E-state index >= 15 is 0 Å². The number of rotatable bonds is 6. The Labute approximate surface area is 94.2 Å². The topological polar surface area (TPSA) is 24.5 Å². The molecule has 3 nitrogen and oxygen atoms in total. The van der Waals surface area contributed by atoms with Gasteiger partial charge in [-0.05, 0) is 45.3 Å². The van der Waals surface area contributed by atoms with Crippen molar-refractivity contribution in [1.29, 1.82) is 0 Å². The molecule has 1 fully saturated rings. The molecule has 1 aliphatic rings. The molecule has 0 amide bonds. The van der Waals surface area contributed by atoms with E-state index in [0.717, 1.165) is 19.8 Å². The Morgan fingerprint density at radius 1 is 1.33 bits per heavy atom. The summed E-state index contributed by atoms with van der Waals surface area (Å²) in [6.45, 7) is 10.7. The van der Waals surface area contributed by atoms with Gasteiger partial charge in [0.1, 0.15) is 0 Å². The van der Waals surface area contributed by atoms with Crippen molar-refractivity contribution in [3.8, 4) is 0 Å². The lowest BCUT2D eigenvalue weighted by Gasteiger charge is -2.37. The van der Waals surface area contributed by atoms with Crippen LogP contribution in [0.2, 0.25) is 0 Å². The third kappa shape index (κ3) is 4.96. The van der Waals surface area contributed by atoms with Crippen molar-refractivity contribution in [2.45, 2.75) is 26.7 Å². The van der Waals surface area contributed by atoms with Gasteiger partial charge >= 0.3 is 0 Å². The molecule has 1 rings (SSSR count). The summed E-state index contributed by atoms with van der Waals surface area (Å²) in [5.74, 6) is 0. The minimum Gasteiger partial charge on any atom is -0.380 e. The summed E-state index contributed by atoms with van der Waals surface area (Å²) in [5, 5.41) is 3.42. The van der Waals surface area contributed by atoms with Crippen LogP contribution in [0.1, 0.15) is 26.7 Å². The van der Waals surface area contributed by atoms with Crippen molar-refractivity contribution in [2.24, 2.45) is 5.41 Å². The lowest BCUT2D eigenvalue weighted by atomic mass is 9.80. The molecular formula is C12H26N2O. The average molecular weight is 214 g/mol. The first kappa shape index (κ1) is 12.9. The molecule has 0 aromatic carbocycles. The predicted molar refractivity (Wildman–Crippen MR) is 64.2 cm³/mol. The number of hydrogen-bond donors (Lipinski definition) is 1. The summed E-state index contributed by atoms with van der Waals surface area (Å²) in [7, 11) is 2.20. The summed E-state index contributed by atoms with van der Waals surface area (Å²) in [5.41, 5.74) is 0.506. The van der Waals surface area contributed by atoms with Gasteiger partial charge in [-0.1, -0.05) is 6.92 Å². The Kier molecular flexibility index (Phi) is 5.58. The molecule has 0 atom stereocenters. The molecule has 0 bridgehead atoms. The Bertz CT molecular complexity index is 167. The fourth-order valence-electron chi connectivity index (χ4n) is 2.28. The molecule has 1 aliphatic heterocycles. The molecule has 0 saturated carbocycles. The molecule has 15 heavy (non-hydrogen) atoms. The number of piperidine rings is 1. The fraction of sp³-hybridized carbons (Fsp3) is 1.00. The second-order valence-electron chi connectivity index (χ2n) is 5.00. The molecule has 90 valence electrons. The van der Waals surface area contributed by atoms with Gasteiger partial charge in [0.15, 0.2) is 0 Å². The van der Waals surface area contributed by atoms with Crippen molar-refractivity contribution >= 4 is 0 Å². The minimum atomic E-state index is 0.506. The zero-order valence-corrected chi connectivity index (χ0v) is 10.5. The van der Waals surface area contributed by atoms with Crippen LogP contribution in [0.25, 0.3) is 0 Å². The van der Waals surface area contributed by atoms with Crippen LogP contribution in [-0.2, 0) is 4.74 Å². The van der Waals surface area contributed by atoms with Crippen molar-refractivity contribution in [3.63, 3.8) is 0 Å². The van der Waals surface area contributed by atoms with Crippen LogP contribution in [-0.4, -0.2) is 51.3 Å². The summed E-state index contributed by atoms with van der Waals surface area (Å²) < 4.78 is 5.37. The van der Waals surface area contributed by atoms with Gasteiger partial charge in [0.05, 0.1) is 6.61 Å². The molecule has 0 unspecified atom stereocenters. The molecule has 0 aliphatic carbocycles. The van der Waals surface area contributed by atoms with Crippen LogP contribution >= 0.6 is 0 Å². The van der Waals surface area contributed by atoms with Crippen LogP contribution in [0.15, 0.2) is 0 Å². The molecule has 3 heteroatoms. The van der Waals surface area contributed by atoms with Crippen molar-refractivity contribution in [2.75, 3.05) is 46.4 Å². The molecule has 1 saturated heterocycles. The summed E-state index contributed by atoms with van der Waals surface area (Å²) in [6, 6.07) is 0. The summed E-state index contributed by atoms with van der Waals surface area (Å²) in [6.07, 6.45) is 2.60. The molecule has 0 spiro atoms. The van der Waals surface area contributed by atoms with Gasteiger partial charge in [-0.3, -0.25) is 0 Å². The number of hydrogen-bond acceptors (Lipinski definition) is 3. The Morgan fingerprint density at radius 2 is 2.00 bits per heavy atom. The normalized spacial score (nSPS) is 20.8. The maximum absolute atomic E-state index is 5.37. The lowest BCUT2D eigenvalue weighted by Crippen LogP contribution is -2.42. The highest BCUT2D eigenvalue weighted by atomic mass is 16.5. The Morgan fingerprint density at radius 3 is 2.60 bits per heavy atom. The van der Waals surface area contributed by atoms with E-state index < -0.39 is 0 Å². The number of nitrogens with zero attached hydrogens (tertiary/aromatic N) is 1. The highest BCUT2D eigenvalue weighted by Gasteiger charge is 2.27. The first-order chi connectivity index (χ1) is 7.16. The van der Waals surface area contributed by atoms with Gasteiger partial charge in [-0.25, -0.2) is 0 Å². The third-order valence-corrected chi connectivity index (χ3v) is 3.28. The van der Waals surface area contributed by atoms with E-state index in [1.807, 2.05) is 6.92 Å². The highest BCUT2D eigenvalue weighted by molar-refractivity contribution is 4.82. The van der Waals surface area contributed by atoms with E-state index in [-0.39, 0.29) is 0 Å². The van der Waals surface area contributed by atoms with Crippen LogP contribution in [0, 0.1) is 5.41 Å². The highest BCUT2D eigenvalue weighted by Crippen LogP contribution is 2.28. The number of ether oxygens (including phenoxy) is 1. The smallest absolute Gasteiger partial charge is 0.0593 e. The maximum atomic E-state index is 5.37. The number of likely N-dealkylation sites (N-methyl/N-ethyl adjacent to an activating group) is 1. The Balaban J connectivity index is 2.20. The number of nitrogens with one attached hydrogen (secondary N) is 1. The first-order valence-electron chi connectivity index (χ1n) is 6.13. The van der Waals surface area contributed by atoms with Gasteiger partial charge in [0, 0.05) is 19.7 Å². The van der Waals surface area contributed by atoms with Gasteiger partial charge < -0.3 is 15.0 Å². The largest absolute Gasteiger partial charge is 0.380 e. The first-order valence-corrected chi connectivity index (χ1v) is 6.13. The van der Waals surface area contributed by atoms with Crippen LogP contribution in [0.4, 0.5) is 0 Å². The van der Waals surface area contributed by atoms with Crippen molar-refractivity contribution in [3.05, 3.63) is 0 Å². The standard InChI is InChI=1S/C12H26N2O/c1-4-15-10-9-14(3)11-12(2)5-7-13-8-6-12/h13H,4-11H2,1-3H3.